The summed E-state index contributed by atoms with van der Waals surface area (Å²) in [5.41, 5.74) is 4.17. The van der Waals surface area contributed by atoms with Gasteiger partial charge in [0.15, 0.2) is 0 Å². The van der Waals surface area contributed by atoms with Gasteiger partial charge < -0.3 is 19.7 Å². The highest BCUT2D eigenvalue weighted by Gasteiger charge is 2.57. The van der Waals surface area contributed by atoms with Crippen LogP contribution in [0.25, 0.3) is 11.0 Å². The van der Waals surface area contributed by atoms with E-state index in [1.54, 1.807) is 0 Å². The number of hydrazone groups is 1. The summed E-state index contributed by atoms with van der Waals surface area (Å²) in [5.74, 6) is 2.25. The maximum Gasteiger partial charge on any atom is 0.471 e. The van der Waals surface area contributed by atoms with Gasteiger partial charge in [-0.25, -0.2) is 4.98 Å². The van der Waals surface area contributed by atoms with Crippen LogP contribution < -0.4 is 5.46 Å². The van der Waals surface area contributed by atoms with Crippen molar-refractivity contribution in [2.75, 3.05) is 13.2 Å². The molecular formula is C21H25BN4O2. The molecule has 5 fully saturated rings. The third-order valence-electron chi connectivity index (χ3n) is 8.01. The van der Waals surface area contributed by atoms with Crippen molar-refractivity contribution in [3.8, 4) is 0 Å². The fourth-order valence-corrected chi connectivity index (χ4v) is 7.32. The Morgan fingerprint density at radius 2 is 2.11 bits per heavy atom. The van der Waals surface area contributed by atoms with E-state index in [9.17, 15) is 5.11 Å². The van der Waals surface area contributed by atoms with Gasteiger partial charge in [-0.2, -0.15) is 5.10 Å². The molecule has 1 unspecified atom stereocenters. The molecule has 5 atom stereocenters. The van der Waals surface area contributed by atoms with Crippen LogP contribution in [-0.2, 0) is 4.65 Å². The van der Waals surface area contributed by atoms with E-state index in [-0.39, 0.29) is 7.05 Å². The molecule has 6 aliphatic rings. The monoisotopic (exact) mass is 376 g/mol. The molecule has 144 valence electrons. The van der Waals surface area contributed by atoms with Crippen molar-refractivity contribution in [1.82, 2.24) is 14.9 Å². The van der Waals surface area contributed by atoms with Crippen molar-refractivity contribution >= 4 is 29.3 Å². The molecule has 0 amide bonds. The first kappa shape index (κ1) is 16.0. The summed E-state index contributed by atoms with van der Waals surface area (Å²) >= 11 is 0. The summed E-state index contributed by atoms with van der Waals surface area (Å²) in [4.78, 5) is 10.1. The van der Waals surface area contributed by atoms with Crippen molar-refractivity contribution in [2.45, 2.75) is 44.1 Å². The van der Waals surface area contributed by atoms with Crippen molar-refractivity contribution < 1.29 is 9.76 Å². The molecule has 1 saturated heterocycles. The summed E-state index contributed by atoms with van der Waals surface area (Å²) in [5, 5.41) is 17.5. The van der Waals surface area contributed by atoms with Crippen molar-refractivity contribution in [3.63, 3.8) is 0 Å². The minimum atomic E-state index is -0.413. The predicted octanol–water partition coefficient (Wildman–Crippen LogP) is 1.89. The standard InChI is InChI=1S/C21H25BN4O2/c27-21-8-12-6-13(9-21)17(14(7-12)10-21)19-18-15-2-3-23-20(15)24-11-16(18)22-26(25-19)4-1-5-28-22/h2-3,11-14,17,27H,1,4-10H2,(H,23,24)/t12-,13+,14-,17-,21?. The van der Waals surface area contributed by atoms with Crippen LogP contribution in [0.4, 0.5) is 0 Å². The number of hydrogen-bond donors (Lipinski definition) is 2. The Balaban J connectivity index is 1.41. The molecule has 6 nitrogen and oxygen atoms in total. The van der Waals surface area contributed by atoms with Gasteiger partial charge in [0.1, 0.15) is 5.65 Å². The van der Waals surface area contributed by atoms with Gasteiger partial charge in [0, 0.05) is 47.9 Å². The normalized spacial score (nSPS) is 38.5. The van der Waals surface area contributed by atoms with Crippen LogP contribution in [0.1, 0.15) is 44.1 Å². The Labute approximate surface area is 164 Å². The minimum Gasteiger partial charge on any atom is -0.412 e. The second-order valence-corrected chi connectivity index (χ2v) is 9.77. The van der Waals surface area contributed by atoms with Gasteiger partial charge in [0.05, 0.1) is 11.3 Å². The summed E-state index contributed by atoms with van der Waals surface area (Å²) in [6.45, 7) is 1.72. The summed E-state index contributed by atoms with van der Waals surface area (Å²) in [6, 6.07) is 2.14. The first-order valence-corrected chi connectivity index (χ1v) is 10.8. The molecule has 2 aliphatic heterocycles. The number of H-pyrrole nitrogens is 1. The molecule has 28 heavy (non-hydrogen) atoms. The van der Waals surface area contributed by atoms with Crippen LogP contribution in [-0.4, -0.2) is 51.5 Å². The molecule has 0 spiro atoms. The average Bonchev–Trinajstić information content (AvgIpc) is 3.15. The zero-order chi connectivity index (χ0) is 18.5. The maximum absolute atomic E-state index is 11.1. The lowest BCUT2D eigenvalue weighted by atomic mass is 9.48. The smallest absolute Gasteiger partial charge is 0.412 e. The van der Waals surface area contributed by atoms with Crippen LogP contribution in [0.2, 0.25) is 0 Å². The zero-order valence-corrected chi connectivity index (χ0v) is 16.0. The summed E-state index contributed by atoms with van der Waals surface area (Å²) in [7, 11) is -0.111. The lowest BCUT2D eigenvalue weighted by molar-refractivity contribution is -0.138. The van der Waals surface area contributed by atoms with Gasteiger partial charge in [-0.05, 0) is 62.3 Å². The van der Waals surface area contributed by atoms with E-state index in [0.717, 1.165) is 49.9 Å². The average molecular weight is 376 g/mol. The third kappa shape index (κ3) is 2.06. The molecular weight excluding hydrogens is 351 g/mol. The first-order chi connectivity index (χ1) is 13.7. The summed E-state index contributed by atoms with van der Waals surface area (Å²) in [6.07, 6.45) is 10.4. The highest BCUT2D eigenvalue weighted by molar-refractivity contribution is 6.67. The number of nitrogens with one attached hydrogen (secondary N) is 1. The minimum absolute atomic E-state index is 0.111. The van der Waals surface area contributed by atoms with Crippen molar-refractivity contribution in [3.05, 3.63) is 24.0 Å². The van der Waals surface area contributed by atoms with E-state index in [1.807, 2.05) is 12.4 Å². The molecule has 4 bridgehead atoms. The number of fused-ring (bicyclic) bond motifs is 5. The molecule has 4 aliphatic carbocycles. The van der Waals surface area contributed by atoms with Gasteiger partial charge in [-0.3, -0.25) is 0 Å². The Hall–Kier alpha value is -1.86. The number of pyridine rings is 1. The quantitative estimate of drug-likeness (QED) is 0.746. The van der Waals surface area contributed by atoms with Gasteiger partial charge in [-0.15, -0.1) is 0 Å². The van der Waals surface area contributed by atoms with Gasteiger partial charge >= 0.3 is 7.05 Å². The van der Waals surface area contributed by atoms with E-state index < -0.39 is 5.60 Å². The number of hydrogen-bond acceptors (Lipinski definition) is 5. The van der Waals surface area contributed by atoms with Crippen LogP contribution in [0.3, 0.4) is 0 Å². The van der Waals surface area contributed by atoms with E-state index >= 15 is 0 Å². The molecule has 0 radical (unpaired) electrons. The second kappa shape index (κ2) is 5.39. The molecule has 0 aromatic carbocycles. The van der Waals surface area contributed by atoms with Gasteiger partial charge in [0.25, 0.3) is 0 Å². The van der Waals surface area contributed by atoms with E-state index in [4.69, 9.17) is 9.76 Å². The number of rotatable bonds is 1. The second-order valence-electron chi connectivity index (χ2n) is 9.77. The Morgan fingerprint density at radius 1 is 1.25 bits per heavy atom. The predicted molar refractivity (Wildman–Crippen MR) is 107 cm³/mol. The third-order valence-corrected chi connectivity index (χ3v) is 8.01. The molecule has 8 rings (SSSR count). The molecule has 7 heteroatoms. The van der Waals surface area contributed by atoms with E-state index in [0.29, 0.717) is 23.7 Å². The van der Waals surface area contributed by atoms with Crippen LogP contribution >= 0.6 is 0 Å². The molecule has 4 heterocycles. The molecule has 2 N–H and O–H groups in total. The lowest BCUT2D eigenvalue weighted by Crippen LogP contribution is -2.61. The zero-order valence-electron chi connectivity index (χ0n) is 16.0. The largest absolute Gasteiger partial charge is 0.471 e. The Bertz CT molecular complexity index is 987. The van der Waals surface area contributed by atoms with Crippen LogP contribution in [0, 0.1) is 23.7 Å². The number of aromatic amines is 1. The maximum atomic E-state index is 11.1. The van der Waals surface area contributed by atoms with Gasteiger partial charge in [0.2, 0.25) is 0 Å². The summed E-state index contributed by atoms with van der Waals surface area (Å²) < 4.78 is 6.13. The SMILES string of the molecule is OC12C[C@H]3C[C@H](C1)[C@H](C1=NN4CCCOB4c4cnc5[nH]ccc5c41)[C@@H](C3)C2. The number of nitrogens with zero attached hydrogens (tertiary/aromatic N) is 3. The van der Waals surface area contributed by atoms with E-state index in [2.05, 4.69) is 21.0 Å². The number of aliphatic hydroxyl groups is 1. The highest BCUT2D eigenvalue weighted by atomic mass is 16.4. The van der Waals surface area contributed by atoms with Crippen LogP contribution in [0.15, 0.2) is 23.6 Å². The Kier molecular flexibility index (Phi) is 3.08. The molecule has 2 aromatic heterocycles. The molecule has 2 aromatic rings. The van der Waals surface area contributed by atoms with Crippen molar-refractivity contribution in [1.29, 1.82) is 0 Å². The van der Waals surface area contributed by atoms with Gasteiger partial charge in [-0.1, -0.05) is 0 Å². The van der Waals surface area contributed by atoms with Crippen LogP contribution in [0.5, 0.6) is 0 Å². The first-order valence-electron chi connectivity index (χ1n) is 10.8. The highest BCUT2D eigenvalue weighted by Crippen LogP contribution is 2.59. The van der Waals surface area contributed by atoms with Crippen molar-refractivity contribution in [2.24, 2.45) is 28.8 Å². The van der Waals surface area contributed by atoms with E-state index in [1.165, 1.54) is 29.6 Å². The molecule has 4 saturated carbocycles. The Morgan fingerprint density at radius 3 is 2.93 bits per heavy atom. The number of aromatic nitrogens is 2. The lowest BCUT2D eigenvalue weighted by Gasteiger charge is -2.58. The fourth-order valence-electron chi connectivity index (χ4n) is 7.32. The topological polar surface area (TPSA) is 73.7 Å². The fraction of sp³-hybridized carbons (Fsp3) is 0.619.